The summed E-state index contributed by atoms with van der Waals surface area (Å²) in [6.45, 7) is 13.2. The Bertz CT molecular complexity index is 666. The lowest BCUT2D eigenvalue weighted by Gasteiger charge is -2.41. The average molecular weight is 385 g/mol. The Morgan fingerprint density at radius 3 is 1.92 bits per heavy atom. The summed E-state index contributed by atoms with van der Waals surface area (Å²) in [6, 6.07) is 6.80. The third-order valence-corrected chi connectivity index (χ3v) is 11.4. The molecule has 1 aromatic carbocycles. The van der Waals surface area contributed by atoms with Gasteiger partial charge in [-0.3, -0.25) is 4.18 Å². The average Bonchev–Trinajstić information content (AvgIpc) is 2.48. The van der Waals surface area contributed by atoms with Gasteiger partial charge in [0.1, 0.15) is 0 Å². The van der Waals surface area contributed by atoms with Crippen molar-refractivity contribution in [2.24, 2.45) is 0 Å². The van der Waals surface area contributed by atoms with Crippen LogP contribution < -0.4 is 0 Å². The summed E-state index contributed by atoms with van der Waals surface area (Å²) in [5.74, 6) is 0. The zero-order valence-corrected chi connectivity index (χ0v) is 18.2. The quantitative estimate of drug-likeness (QED) is 0.527. The highest BCUT2D eigenvalue weighted by Crippen LogP contribution is 2.39. The summed E-state index contributed by atoms with van der Waals surface area (Å²) in [5.41, 5.74) is 1.03. The van der Waals surface area contributed by atoms with Gasteiger partial charge >= 0.3 is 0 Å². The van der Waals surface area contributed by atoms with Crippen molar-refractivity contribution in [2.45, 2.75) is 88.6 Å². The van der Waals surface area contributed by atoms with Gasteiger partial charge in [-0.15, -0.1) is 0 Å². The second kappa shape index (κ2) is 7.51. The van der Waals surface area contributed by atoms with Crippen molar-refractivity contribution in [3.8, 4) is 0 Å². The van der Waals surface area contributed by atoms with Gasteiger partial charge in [0.2, 0.25) is 0 Å². The summed E-state index contributed by atoms with van der Waals surface area (Å²) < 4.78 is 36.7. The molecule has 0 spiro atoms. The van der Waals surface area contributed by atoms with Crippen LogP contribution in [0.2, 0.25) is 18.1 Å². The predicted octanol–water partition coefficient (Wildman–Crippen LogP) is 5.03. The molecule has 0 radical (unpaired) electrons. The second-order valence-corrected chi connectivity index (χ2v) is 15.0. The van der Waals surface area contributed by atoms with E-state index in [1.165, 1.54) is 0 Å². The lowest BCUT2D eigenvalue weighted by Crippen LogP contribution is -2.45. The summed E-state index contributed by atoms with van der Waals surface area (Å²) in [5, 5.41) is 0.190. The van der Waals surface area contributed by atoms with Crippen molar-refractivity contribution in [2.75, 3.05) is 0 Å². The Kier molecular flexibility index (Phi) is 6.19. The van der Waals surface area contributed by atoms with E-state index < -0.39 is 18.4 Å². The lowest BCUT2D eigenvalue weighted by molar-refractivity contribution is 0.0757. The molecule has 6 heteroatoms. The van der Waals surface area contributed by atoms with Crippen LogP contribution in [0.5, 0.6) is 0 Å². The zero-order valence-electron chi connectivity index (χ0n) is 16.3. The van der Waals surface area contributed by atoms with E-state index in [1.54, 1.807) is 24.3 Å². The highest BCUT2D eigenvalue weighted by molar-refractivity contribution is 7.86. The maximum atomic E-state index is 12.4. The third kappa shape index (κ3) is 5.39. The van der Waals surface area contributed by atoms with Crippen molar-refractivity contribution < 1.29 is 17.0 Å². The molecule has 1 aromatic rings. The minimum absolute atomic E-state index is 0.190. The van der Waals surface area contributed by atoms with Crippen molar-refractivity contribution in [1.29, 1.82) is 0 Å². The van der Waals surface area contributed by atoms with Crippen molar-refractivity contribution >= 4 is 18.4 Å². The van der Waals surface area contributed by atoms with E-state index in [-0.39, 0.29) is 22.1 Å². The predicted molar refractivity (Wildman–Crippen MR) is 104 cm³/mol. The molecule has 0 amide bonds. The van der Waals surface area contributed by atoms with Gasteiger partial charge in [-0.25, -0.2) is 0 Å². The summed E-state index contributed by atoms with van der Waals surface area (Å²) >= 11 is 0. The Morgan fingerprint density at radius 2 is 1.44 bits per heavy atom. The summed E-state index contributed by atoms with van der Waals surface area (Å²) in [7, 11) is -5.46. The number of aryl methyl sites for hydroxylation is 1. The molecule has 0 aromatic heterocycles. The molecular weight excluding hydrogens is 352 g/mol. The molecule has 0 heterocycles. The first kappa shape index (κ1) is 20.6. The second-order valence-electron chi connectivity index (χ2n) is 8.64. The normalized spacial score (nSPS) is 22.8. The maximum Gasteiger partial charge on any atom is 0.297 e. The number of hydrogen-bond acceptors (Lipinski definition) is 4. The van der Waals surface area contributed by atoms with Crippen LogP contribution in [0, 0.1) is 6.92 Å². The number of benzene rings is 1. The van der Waals surface area contributed by atoms with Crippen molar-refractivity contribution in [3.05, 3.63) is 29.8 Å². The molecule has 1 saturated carbocycles. The smallest absolute Gasteiger partial charge is 0.297 e. The molecule has 4 nitrogen and oxygen atoms in total. The Hall–Kier alpha value is -0.693. The van der Waals surface area contributed by atoms with Crippen LogP contribution >= 0.6 is 0 Å². The fraction of sp³-hybridized carbons (Fsp3) is 0.684. The van der Waals surface area contributed by atoms with Gasteiger partial charge in [0.05, 0.1) is 11.0 Å². The van der Waals surface area contributed by atoms with Crippen LogP contribution in [0.3, 0.4) is 0 Å². The fourth-order valence-corrected chi connectivity index (χ4v) is 5.33. The van der Waals surface area contributed by atoms with Gasteiger partial charge in [-0.2, -0.15) is 8.42 Å². The van der Waals surface area contributed by atoms with Gasteiger partial charge in [0.15, 0.2) is 8.32 Å². The summed E-state index contributed by atoms with van der Waals surface area (Å²) in [4.78, 5) is 0.234. The van der Waals surface area contributed by atoms with Crippen LogP contribution in [-0.2, 0) is 18.7 Å². The lowest BCUT2D eigenvalue weighted by atomic mass is 9.95. The first-order chi connectivity index (χ1) is 11.4. The standard InChI is InChI=1S/C19H32O4SSi/c1-15-7-13-18(14-8-15)24(20,21)22-16-9-11-17(12-10-16)23-25(5,6)19(2,3)4/h7-8,13-14,16-17H,9-12H2,1-6H3/t16-,17+. The first-order valence-corrected chi connectivity index (χ1v) is 13.4. The highest BCUT2D eigenvalue weighted by Gasteiger charge is 2.40. The van der Waals surface area contributed by atoms with Crippen LogP contribution in [0.1, 0.15) is 52.0 Å². The molecule has 1 fully saturated rings. The Balaban J connectivity index is 1.91. The largest absolute Gasteiger partial charge is 0.414 e. The van der Waals surface area contributed by atoms with Gasteiger partial charge in [0.25, 0.3) is 10.1 Å². The van der Waals surface area contributed by atoms with Gasteiger partial charge < -0.3 is 4.43 Å². The van der Waals surface area contributed by atoms with E-state index in [1.807, 2.05) is 6.92 Å². The molecule has 0 atom stereocenters. The molecule has 0 N–H and O–H groups in total. The first-order valence-electron chi connectivity index (χ1n) is 9.08. The van der Waals surface area contributed by atoms with Crippen LogP contribution in [0.25, 0.3) is 0 Å². The van der Waals surface area contributed by atoms with Gasteiger partial charge in [0, 0.05) is 6.10 Å². The molecule has 1 aliphatic carbocycles. The Labute approximate surface area is 154 Å². The minimum atomic E-state index is -3.68. The van der Waals surface area contributed by atoms with E-state index >= 15 is 0 Å². The monoisotopic (exact) mass is 384 g/mol. The van der Waals surface area contributed by atoms with Crippen molar-refractivity contribution in [1.82, 2.24) is 0 Å². The molecule has 0 unspecified atom stereocenters. The highest BCUT2D eigenvalue weighted by atomic mass is 32.2. The van der Waals surface area contributed by atoms with Gasteiger partial charge in [-0.05, 0) is 62.9 Å². The molecule has 1 aliphatic rings. The fourth-order valence-electron chi connectivity index (χ4n) is 2.78. The Morgan fingerprint density at radius 1 is 0.960 bits per heavy atom. The maximum absolute atomic E-state index is 12.4. The van der Waals surface area contributed by atoms with E-state index in [0.717, 1.165) is 31.2 Å². The molecule has 0 saturated heterocycles. The van der Waals surface area contributed by atoms with Crippen LogP contribution in [0.4, 0.5) is 0 Å². The van der Waals surface area contributed by atoms with Gasteiger partial charge in [-0.1, -0.05) is 38.5 Å². The molecule has 0 bridgehead atoms. The van der Waals surface area contributed by atoms with E-state index in [9.17, 15) is 8.42 Å². The SMILES string of the molecule is Cc1ccc(S(=O)(=O)O[C@H]2CC[C@@H](O[Si](C)(C)C(C)(C)C)CC2)cc1. The third-order valence-electron chi connectivity index (χ3n) is 5.46. The number of rotatable bonds is 5. The molecule has 2 rings (SSSR count). The van der Waals surface area contributed by atoms with Crippen LogP contribution in [-0.4, -0.2) is 28.9 Å². The van der Waals surface area contributed by atoms with E-state index in [0.29, 0.717) is 0 Å². The van der Waals surface area contributed by atoms with Crippen molar-refractivity contribution in [3.63, 3.8) is 0 Å². The van der Waals surface area contributed by atoms with Crippen LogP contribution in [0.15, 0.2) is 29.2 Å². The molecular formula is C19H32O4SSi. The molecule has 142 valence electrons. The van der Waals surface area contributed by atoms with E-state index in [4.69, 9.17) is 8.61 Å². The van der Waals surface area contributed by atoms with E-state index in [2.05, 4.69) is 33.9 Å². The topological polar surface area (TPSA) is 52.6 Å². The molecule has 0 aliphatic heterocycles. The summed E-state index contributed by atoms with van der Waals surface area (Å²) in [6.07, 6.45) is 3.16. The molecule has 25 heavy (non-hydrogen) atoms. The zero-order chi connectivity index (χ0) is 18.9. The minimum Gasteiger partial charge on any atom is -0.414 e. The number of hydrogen-bond donors (Lipinski definition) is 0.